The van der Waals surface area contributed by atoms with Gasteiger partial charge in [0.25, 0.3) is 5.56 Å². The molecule has 0 unspecified atom stereocenters. The highest BCUT2D eigenvalue weighted by atomic mass is 35.5. The van der Waals surface area contributed by atoms with Crippen molar-refractivity contribution in [2.75, 3.05) is 17.2 Å². The van der Waals surface area contributed by atoms with Crippen molar-refractivity contribution in [3.63, 3.8) is 0 Å². The molecule has 0 aliphatic carbocycles. The number of rotatable bonds is 4. The molecule has 1 aliphatic rings. The highest BCUT2D eigenvalue weighted by molar-refractivity contribution is 6.30. The number of anilines is 2. The summed E-state index contributed by atoms with van der Waals surface area (Å²) in [6, 6.07) is 13.7. The van der Waals surface area contributed by atoms with Gasteiger partial charge in [0.1, 0.15) is 6.04 Å². The van der Waals surface area contributed by atoms with Gasteiger partial charge in [-0.15, -0.1) is 0 Å². The second-order valence-electron chi connectivity index (χ2n) is 7.99. The molecular weight excluding hydrogens is 446 g/mol. The monoisotopic (exact) mass is 469 g/mol. The summed E-state index contributed by atoms with van der Waals surface area (Å²) < 4.78 is 3.27. The molecule has 0 radical (unpaired) electrons. The Balaban J connectivity index is 1.45. The molecule has 10 heteroatoms. The van der Waals surface area contributed by atoms with Crippen LogP contribution in [0.15, 0.2) is 59.4 Å². The Labute approximate surface area is 195 Å². The normalized spacial score (nSPS) is 17.8. The summed E-state index contributed by atoms with van der Waals surface area (Å²) in [5.41, 5.74) is 2.39. The van der Waals surface area contributed by atoms with Gasteiger partial charge >= 0.3 is 6.03 Å². The zero-order chi connectivity index (χ0) is 23.7. The van der Waals surface area contributed by atoms with E-state index < -0.39 is 24.1 Å². The minimum absolute atomic E-state index is 0.0478. The summed E-state index contributed by atoms with van der Waals surface area (Å²) in [5, 5.41) is 16.2. The third-order valence-corrected chi connectivity index (χ3v) is 5.92. The SMILES string of the molecule is Cc1cc(=O)n(-c2ccc(NC(=O)[C@H]3C[C@@H](O)CN3C(=O)Nc3ccc(Cl)cc3)cc2)n1C. The Morgan fingerprint density at radius 2 is 1.64 bits per heavy atom. The number of hydrogen-bond acceptors (Lipinski definition) is 4. The van der Waals surface area contributed by atoms with Gasteiger partial charge in [-0.05, 0) is 55.5 Å². The number of amides is 3. The lowest BCUT2D eigenvalue weighted by Crippen LogP contribution is -2.45. The third-order valence-electron chi connectivity index (χ3n) is 5.67. The molecule has 3 amide bonds. The molecule has 1 fully saturated rings. The fourth-order valence-corrected chi connectivity index (χ4v) is 3.99. The first-order chi connectivity index (χ1) is 15.7. The standard InChI is InChI=1S/C23H24ClN5O4/c1-14-11-21(31)29(27(14)2)18-9-7-16(8-10-18)25-22(32)20-12-19(30)13-28(20)23(33)26-17-5-3-15(24)4-6-17/h3-11,19-20,30H,12-13H2,1-2H3,(H,25,32)(H,26,33)/t19-,20-/m1/s1. The molecule has 4 rings (SSSR count). The molecule has 172 valence electrons. The molecule has 33 heavy (non-hydrogen) atoms. The molecule has 3 aromatic rings. The van der Waals surface area contributed by atoms with Crippen molar-refractivity contribution in [3.05, 3.63) is 75.7 Å². The number of halogens is 1. The number of benzene rings is 2. The fraction of sp³-hybridized carbons (Fsp3) is 0.261. The van der Waals surface area contributed by atoms with Gasteiger partial charge in [0.15, 0.2) is 0 Å². The molecule has 0 spiro atoms. The van der Waals surface area contributed by atoms with E-state index in [1.54, 1.807) is 66.3 Å². The Bertz CT molecular complexity index is 1230. The van der Waals surface area contributed by atoms with Gasteiger partial charge in [-0.1, -0.05) is 11.6 Å². The molecule has 2 aromatic carbocycles. The van der Waals surface area contributed by atoms with Crippen molar-refractivity contribution in [3.8, 4) is 5.69 Å². The zero-order valence-corrected chi connectivity index (χ0v) is 18.9. The summed E-state index contributed by atoms with van der Waals surface area (Å²) in [6.45, 7) is 1.89. The number of hydrogen-bond donors (Lipinski definition) is 3. The number of β-amino-alcohol motifs (C(OH)–C–C–N with tert-alkyl or cyclic N) is 1. The van der Waals surface area contributed by atoms with E-state index in [0.29, 0.717) is 22.1 Å². The molecule has 2 atom stereocenters. The van der Waals surface area contributed by atoms with Crippen molar-refractivity contribution < 1.29 is 14.7 Å². The first-order valence-electron chi connectivity index (χ1n) is 10.4. The molecule has 3 N–H and O–H groups in total. The lowest BCUT2D eigenvalue weighted by molar-refractivity contribution is -0.119. The van der Waals surface area contributed by atoms with E-state index in [0.717, 1.165) is 5.69 Å². The van der Waals surface area contributed by atoms with Crippen LogP contribution in [0, 0.1) is 6.92 Å². The van der Waals surface area contributed by atoms with Crippen LogP contribution in [-0.2, 0) is 11.8 Å². The van der Waals surface area contributed by atoms with Crippen molar-refractivity contribution in [1.29, 1.82) is 0 Å². The topological polar surface area (TPSA) is 109 Å². The molecule has 1 saturated heterocycles. The van der Waals surface area contributed by atoms with E-state index in [9.17, 15) is 19.5 Å². The van der Waals surface area contributed by atoms with Crippen molar-refractivity contribution in [2.24, 2.45) is 7.05 Å². The predicted molar refractivity (Wildman–Crippen MR) is 126 cm³/mol. The van der Waals surface area contributed by atoms with Crippen LogP contribution in [0.25, 0.3) is 5.69 Å². The highest BCUT2D eigenvalue weighted by Gasteiger charge is 2.39. The fourth-order valence-electron chi connectivity index (χ4n) is 3.87. The molecular formula is C23H24ClN5O4. The first kappa shape index (κ1) is 22.6. The highest BCUT2D eigenvalue weighted by Crippen LogP contribution is 2.22. The van der Waals surface area contributed by atoms with E-state index in [1.165, 1.54) is 9.58 Å². The summed E-state index contributed by atoms with van der Waals surface area (Å²) in [4.78, 5) is 39.1. The van der Waals surface area contributed by atoms with Crippen LogP contribution >= 0.6 is 11.6 Å². The number of carbonyl (C=O) groups excluding carboxylic acids is 2. The van der Waals surface area contributed by atoms with Crippen LogP contribution < -0.4 is 16.2 Å². The van der Waals surface area contributed by atoms with Gasteiger partial charge in [-0.25, -0.2) is 9.48 Å². The van der Waals surface area contributed by atoms with Crippen LogP contribution in [0.2, 0.25) is 5.02 Å². The summed E-state index contributed by atoms with van der Waals surface area (Å²) >= 11 is 5.87. The number of likely N-dealkylation sites (tertiary alicyclic amines) is 1. The molecule has 2 heterocycles. The Kier molecular flexibility index (Phi) is 6.26. The smallest absolute Gasteiger partial charge is 0.322 e. The summed E-state index contributed by atoms with van der Waals surface area (Å²) in [7, 11) is 1.79. The maximum absolute atomic E-state index is 12.9. The lowest BCUT2D eigenvalue weighted by atomic mass is 10.2. The van der Waals surface area contributed by atoms with E-state index in [4.69, 9.17) is 11.6 Å². The number of nitrogens with zero attached hydrogens (tertiary/aromatic N) is 3. The van der Waals surface area contributed by atoms with Crippen molar-refractivity contribution in [2.45, 2.75) is 25.5 Å². The number of urea groups is 1. The van der Waals surface area contributed by atoms with E-state index >= 15 is 0 Å². The van der Waals surface area contributed by atoms with E-state index in [-0.39, 0.29) is 18.5 Å². The van der Waals surface area contributed by atoms with E-state index in [1.807, 2.05) is 6.92 Å². The third kappa shape index (κ3) is 4.79. The minimum atomic E-state index is -0.829. The second-order valence-corrected chi connectivity index (χ2v) is 8.43. The number of aliphatic hydroxyl groups is 1. The number of carbonyl (C=O) groups is 2. The predicted octanol–water partition coefficient (Wildman–Crippen LogP) is 2.74. The van der Waals surface area contributed by atoms with E-state index in [2.05, 4.69) is 10.6 Å². The maximum Gasteiger partial charge on any atom is 0.322 e. The average molecular weight is 470 g/mol. The maximum atomic E-state index is 12.9. The van der Waals surface area contributed by atoms with Gasteiger partial charge in [-0.2, -0.15) is 0 Å². The molecule has 0 saturated carbocycles. The number of nitrogens with one attached hydrogen (secondary N) is 2. The number of aryl methyl sites for hydroxylation is 1. The summed E-state index contributed by atoms with van der Waals surface area (Å²) in [5.74, 6) is -0.405. The molecule has 9 nitrogen and oxygen atoms in total. The zero-order valence-electron chi connectivity index (χ0n) is 18.2. The van der Waals surface area contributed by atoms with Gasteiger partial charge in [0.2, 0.25) is 5.91 Å². The van der Waals surface area contributed by atoms with Crippen LogP contribution in [0.3, 0.4) is 0 Å². The minimum Gasteiger partial charge on any atom is -0.391 e. The Hall–Kier alpha value is -3.56. The quantitative estimate of drug-likeness (QED) is 0.546. The van der Waals surface area contributed by atoms with Crippen LogP contribution in [-0.4, -0.2) is 50.0 Å². The molecule has 0 bridgehead atoms. The van der Waals surface area contributed by atoms with Crippen LogP contribution in [0.4, 0.5) is 16.2 Å². The summed E-state index contributed by atoms with van der Waals surface area (Å²) in [6.07, 6.45) is -0.665. The van der Waals surface area contributed by atoms with Crippen LogP contribution in [0.1, 0.15) is 12.1 Å². The Morgan fingerprint density at radius 3 is 2.24 bits per heavy atom. The van der Waals surface area contributed by atoms with Crippen LogP contribution in [0.5, 0.6) is 0 Å². The van der Waals surface area contributed by atoms with Gasteiger partial charge in [0.05, 0.1) is 11.8 Å². The van der Waals surface area contributed by atoms with Gasteiger partial charge in [-0.3, -0.25) is 14.3 Å². The molecule has 1 aliphatic heterocycles. The van der Waals surface area contributed by atoms with Crippen molar-refractivity contribution >= 4 is 34.9 Å². The number of aliphatic hydroxyl groups excluding tert-OH is 1. The van der Waals surface area contributed by atoms with Crippen molar-refractivity contribution in [1.82, 2.24) is 14.3 Å². The second kappa shape index (κ2) is 9.13. The number of aromatic nitrogens is 2. The molecule has 1 aromatic heterocycles. The Morgan fingerprint density at radius 1 is 1.03 bits per heavy atom. The lowest BCUT2D eigenvalue weighted by Gasteiger charge is -2.24. The van der Waals surface area contributed by atoms with Gasteiger partial charge in [0, 0.05) is 48.2 Å². The van der Waals surface area contributed by atoms with Gasteiger partial charge < -0.3 is 20.6 Å². The first-order valence-corrected chi connectivity index (χ1v) is 10.8. The largest absolute Gasteiger partial charge is 0.391 e. The average Bonchev–Trinajstić information content (AvgIpc) is 3.29.